The largest absolute Gasteiger partial charge is 0.490 e. The summed E-state index contributed by atoms with van der Waals surface area (Å²) in [6.45, 7) is 11.9. The van der Waals surface area contributed by atoms with Crippen molar-refractivity contribution in [3.63, 3.8) is 0 Å². The van der Waals surface area contributed by atoms with Crippen molar-refractivity contribution in [2.24, 2.45) is 0 Å². The summed E-state index contributed by atoms with van der Waals surface area (Å²) < 4.78 is 27.4. The zero-order valence-electron chi connectivity index (χ0n) is 24.3. The first kappa shape index (κ1) is 29.1. The molecule has 5 rings (SSSR count). The number of hydrogen-bond donors (Lipinski definition) is 1. The topological polar surface area (TPSA) is 76.1 Å². The predicted octanol–water partition coefficient (Wildman–Crippen LogP) is 7.54. The van der Waals surface area contributed by atoms with Crippen molar-refractivity contribution in [2.45, 2.75) is 72.5 Å². The van der Waals surface area contributed by atoms with Crippen molar-refractivity contribution in [3.05, 3.63) is 80.1 Å². The first-order valence-electron chi connectivity index (χ1n) is 13.9. The number of halogens is 2. The second-order valence-electron chi connectivity index (χ2n) is 11.9. The van der Waals surface area contributed by atoms with Crippen molar-refractivity contribution in [3.8, 4) is 16.9 Å². The molecule has 6 nitrogen and oxygen atoms in total. The molecule has 0 radical (unpaired) electrons. The van der Waals surface area contributed by atoms with Crippen molar-refractivity contribution >= 4 is 29.2 Å². The summed E-state index contributed by atoms with van der Waals surface area (Å²) in [7, 11) is 0. The number of benzene rings is 3. The Morgan fingerprint density at radius 1 is 1.10 bits per heavy atom. The molecule has 0 spiro atoms. The van der Waals surface area contributed by atoms with Crippen LogP contribution in [0.5, 0.6) is 5.75 Å². The Hall–Kier alpha value is -3.42. The molecule has 3 aromatic carbocycles. The summed E-state index contributed by atoms with van der Waals surface area (Å²) in [5.74, 6) is -1.60. The van der Waals surface area contributed by atoms with Crippen LogP contribution in [0.15, 0.2) is 30.3 Å². The van der Waals surface area contributed by atoms with Gasteiger partial charge in [-0.1, -0.05) is 17.7 Å². The van der Waals surface area contributed by atoms with E-state index < -0.39 is 23.5 Å². The van der Waals surface area contributed by atoms with Crippen LogP contribution in [-0.4, -0.2) is 35.7 Å². The first-order chi connectivity index (χ1) is 19.3. The van der Waals surface area contributed by atoms with Gasteiger partial charge in [0, 0.05) is 23.4 Å². The fourth-order valence-electron chi connectivity index (χ4n) is 5.99. The predicted molar refractivity (Wildman–Crippen MR) is 158 cm³/mol. The number of carbonyl (C=O) groups is 2. The number of anilines is 1. The third-order valence-corrected chi connectivity index (χ3v) is 8.11. The number of aryl methyl sites for hydroxylation is 2. The zero-order valence-corrected chi connectivity index (χ0v) is 25.0. The second kappa shape index (κ2) is 10.8. The van der Waals surface area contributed by atoms with Gasteiger partial charge in [-0.3, -0.25) is 4.79 Å². The number of amides is 1. The van der Waals surface area contributed by atoms with E-state index in [1.54, 1.807) is 37.8 Å². The molecule has 0 aliphatic carbocycles. The van der Waals surface area contributed by atoms with Crippen molar-refractivity contribution in [2.75, 3.05) is 18.1 Å². The van der Waals surface area contributed by atoms with Crippen LogP contribution >= 0.6 is 11.6 Å². The second-order valence-corrected chi connectivity index (χ2v) is 12.3. The van der Waals surface area contributed by atoms with Gasteiger partial charge < -0.3 is 19.5 Å². The van der Waals surface area contributed by atoms with Gasteiger partial charge in [0.2, 0.25) is 0 Å². The molecule has 3 aromatic rings. The van der Waals surface area contributed by atoms with Gasteiger partial charge in [-0.05, 0) is 118 Å². The summed E-state index contributed by atoms with van der Waals surface area (Å²) in [6.07, 6.45) is 0.581. The van der Waals surface area contributed by atoms with Crippen LogP contribution in [0.25, 0.3) is 11.1 Å². The Morgan fingerprint density at radius 3 is 2.49 bits per heavy atom. The standard InChI is InChI=1S/C33H35ClFNO5/c1-17-9-10-21(24(34)14-17)31(37)36-12-11-22-26(36)15-18(2)27(30(32(38)39)41-33(4,5)6)28(22)23-16-25(35)29-20(19(23)3)8-7-13-40-29/h9-10,14-16,30H,7-8,11-13H2,1-6H3,(H,38,39). The molecule has 2 aliphatic rings. The molecule has 0 bridgehead atoms. The smallest absolute Gasteiger partial charge is 0.337 e. The van der Waals surface area contributed by atoms with Gasteiger partial charge in [-0.25, -0.2) is 9.18 Å². The molecule has 0 saturated carbocycles. The number of nitrogens with zero attached hydrogens (tertiary/aromatic N) is 1. The highest BCUT2D eigenvalue weighted by Gasteiger charge is 2.37. The molecule has 0 saturated heterocycles. The third kappa shape index (κ3) is 5.33. The van der Waals surface area contributed by atoms with E-state index in [4.69, 9.17) is 21.1 Å². The number of aliphatic carboxylic acids is 1. The van der Waals surface area contributed by atoms with E-state index in [1.165, 1.54) is 6.07 Å². The van der Waals surface area contributed by atoms with E-state index in [1.807, 2.05) is 32.9 Å². The molecule has 0 aromatic heterocycles. The lowest BCUT2D eigenvalue weighted by molar-refractivity contribution is -0.160. The number of carboxylic acid groups (broad SMARTS) is 1. The Morgan fingerprint density at radius 2 is 1.83 bits per heavy atom. The Bertz CT molecular complexity index is 1580. The highest BCUT2D eigenvalue weighted by molar-refractivity contribution is 6.34. The van der Waals surface area contributed by atoms with E-state index in [0.29, 0.717) is 64.5 Å². The summed E-state index contributed by atoms with van der Waals surface area (Å²) in [6, 6.07) is 8.61. The van der Waals surface area contributed by atoms with E-state index in [9.17, 15) is 14.7 Å². The number of hydrogen-bond acceptors (Lipinski definition) is 4. The number of rotatable bonds is 5. The summed E-state index contributed by atoms with van der Waals surface area (Å²) in [5.41, 5.74) is 5.94. The number of fused-ring (bicyclic) bond motifs is 2. The molecule has 1 unspecified atom stereocenters. The SMILES string of the molecule is Cc1ccc(C(=O)N2CCc3c2cc(C)c(C(OC(C)(C)C)C(=O)O)c3-c2cc(F)c3c(c2C)CCCO3)c(Cl)c1. The molecule has 2 aliphatic heterocycles. The molecule has 0 fully saturated rings. The lowest BCUT2D eigenvalue weighted by Gasteiger charge is -2.30. The van der Waals surface area contributed by atoms with E-state index in [-0.39, 0.29) is 11.7 Å². The maximum absolute atomic E-state index is 15.6. The molecular formula is C33H35ClFNO5. The first-order valence-corrected chi connectivity index (χ1v) is 14.3. The maximum atomic E-state index is 15.6. The molecule has 1 N–H and O–H groups in total. The van der Waals surface area contributed by atoms with Gasteiger partial charge in [0.15, 0.2) is 17.7 Å². The zero-order chi connectivity index (χ0) is 29.8. The number of carboxylic acids is 1. The van der Waals surface area contributed by atoms with Gasteiger partial charge in [0.05, 0.1) is 22.8 Å². The van der Waals surface area contributed by atoms with Gasteiger partial charge >= 0.3 is 5.97 Å². The minimum atomic E-state index is -1.30. The molecule has 1 atom stereocenters. The molecule has 2 heterocycles. The average Bonchev–Trinajstić information content (AvgIpc) is 3.31. The quantitative estimate of drug-likeness (QED) is 0.338. The summed E-state index contributed by atoms with van der Waals surface area (Å²) in [4.78, 5) is 28.2. The minimum Gasteiger partial charge on any atom is -0.490 e. The van der Waals surface area contributed by atoms with Gasteiger partial charge in [-0.2, -0.15) is 0 Å². The molecule has 41 heavy (non-hydrogen) atoms. The Balaban J connectivity index is 1.78. The van der Waals surface area contributed by atoms with Gasteiger partial charge in [-0.15, -0.1) is 0 Å². The summed E-state index contributed by atoms with van der Waals surface area (Å²) in [5, 5.41) is 10.8. The molecule has 216 valence electrons. The maximum Gasteiger partial charge on any atom is 0.337 e. The van der Waals surface area contributed by atoms with Gasteiger partial charge in [0.25, 0.3) is 5.91 Å². The van der Waals surface area contributed by atoms with E-state index in [2.05, 4.69) is 0 Å². The van der Waals surface area contributed by atoms with Crippen LogP contribution in [0.3, 0.4) is 0 Å². The monoisotopic (exact) mass is 579 g/mol. The average molecular weight is 580 g/mol. The van der Waals surface area contributed by atoms with Crippen molar-refractivity contribution < 1.29 is 28.6 Å². The Kier molecular flexibility index (Phi) is 7.64. The summed E-state index contributed by atoms with van der Waals surface area (Å²) >= 11 is 6.47. The van der Waals surface area contributed by atoms with Gasteiger partial charge in [0.1, 0.15) is 0 Å². The number of carbonyl (C=O) groups excluding carboxylic acids is 1. The van der Waals surface area contributed by atoms with Crippen LogP contribution in [0.1, 0.15) is 77.0 Å². The van der Waals surface area contributed by atoms with Crippen LogP contribution < -0.4 is 9.64 Å². The highest BCUT2D eigenvalue weighted by atomic mass is 35.5. The molecular weight excluding hydrogens is 545 g/mol. The van der Waals surface area contributed by atoms with Crippen molar-refractivity contribution in [1.82, 2.24) is 0 Å². The van der Waals surface area contributed by atoms with Crippen LogP contribution in [0, 0.1) is 26.6 Å². The third-order valence-electron chi connectivity index (χ3n) is 7.80. The van der Waals surface area contributed by atoms with Crippen LogP contribution in [0.4, 0.5) is 10.1 Å². The van der Waals surface area contributed by atoms with Crippen LogP contribution in [-0.2, 0) is 22.4 Å². The number of ether oxygens (including phenoxy) is 2. The normalized spacial score (nSPS) is 15.3. The Labute approximate surface area is 245 Å². The fourth-order valence-corrected chi connectivity index (χ4v) is 6.31. The lowest BCUT2D eigenvalue weighted by atomic mass is 9.83. The van der Waals surface area contributed by atoms with Crippen molar-refractivity contribution in [1.29, 1.82) is 0 Å². The fraction of sp³-hybridized carbons (Fsp3) is 0.394. The van der Waals surface area contributed by atoms with E-state index in [0.717, 1.165) is 28.7 Å². The molecule has 8 heteroatoms. The molecule has 1 amide bonds. The highest BCUT2D eigenvalue weighted by Crippen LogP contribution is 2.48. The van der Waals surface area contributed by atoms with Crippen LogP contribution in [0.2, 0.25) is 5.02 Å². The minimum absolute atomic E-state index is 0.241. The van der Waals surface area contributed by atoms with E-state index >= 15 is 4.39 Å². The lowest BCUT2D eigenvalue weighted by Crippen LogP contribution is -2.30.